The lowest BCUT2D eigenvalue weighted by molar-refractivity contribution is -0.146. The minimum atomic E-state index is -4.56. The molecule has 1 unspecified atom stereocenters. The van der Waals surface area contributed by atoms with Crippen molar-refractivity contribution < 1.29 is 37.8 Å². The molecule has 8 nitrogen and oxygen atoms in total. The Bertz CT molecular complexity index is 1390. The van der Waals surface area contributed by atoms with Crippen LogP contribution in [0.15, 0.2) is 72.8 Å². The molecule has 0 saturated heterocycles. The SMILES string of the molecule is O=C(NCC(O)C(=O)O)c1ccc(CN(C(=O)Nc2cccc(C(F)(F)F)c2)c2ccc(C3CCCCC3)cc2)cc1. The molecule has 42 heavy (non-hydrogen) atoms. The van der Waals surface area contributed by atoms with Crippen molar-refractivity contribution in [3.63, 3.8) is 0 Å². The van der Waals surface area contributed by atoms with Crippen LogP contribution in [-0.2, 0) is 17.5 Å². The lowest BCUT2D eigenvalue weighted by atomic mass is 9.84. The molecule has 0 heterocycles. The first-order valence-electron chi connectivity index (χ1n) is 13.6. The number of carbonyl (C=O) groups is 3. The highest BCUT2D eigenvalue weighted by molar-refractivity contribution is 6.01. The van der Waals surface area contributed by atoms with E-state index in [4.69, 9.17) is 5.11 Å². The van der Waals surface area contributed by atoms with E-state index in [9.17, 15) is 32.7 Å². The van der Waals surface area contributed by atoms with Gasteiger partial charge in [-0.05, 0) is 72.4 Å². The molecular weight excluding hydrogens is 551 g/mol. The molecule has 0 spiro atoms. The number of alkyl halides is 3. The third-order valence-electron chi connectivity index (χ3n) is 7.27. The number of amides is 3. The summed E-state index contributed by atoms with van der Waals surface area (Å²) in [4.78, 5) is 37.9. The maximum Gasteiger partial charge on any atom is 0.416 e. The van der Waals surface area contributed by atoms with Gasteiger partial charge in [0, 0.05) is 16.9 Å². The van der Waals surface area contributed by atoms with Gasteiger partial charge < -0.3 is 20.8 Å². The van der Waals surface area contributed by atoms with E-state index in [1.54, 1.807) is 12.1 Å². The number of benzene rings is 3. The van der Waals surface area contributed by atoms with E-state index in [-0.39, 0.29) is 17.8 Å². The summed E-state index contributed by atoms with van der Waals surface area (Å²) in [5.41, 5.74) is 1.69. The van der Waals surface area contributed by atoms with Gasteiger partial charge in [-0.1, -0.05) is 49.6 Å². The molecule has 0 bridgehead atoms. The lowest BCUT2D eigenvalue weighted by Crippen LogP contribution is -2.36. The second-order valence-corrected chi connectivity index (χ2v) is 10.3. The Morgan fingerprint density at radius 2 is 1.60 bits per heavy atom. The van der Waals surface area contributed by atoms with Crippen LogP contribution in [0.2, 0.25) is 0 Å². The molecule has 1 fully saturated rings. The number of carbonyl (C=O) groups excluding carboxylic acids is 2. The predicted molar refractivity (Wildman–Crippen MR) is 151 cm³/mol. The van der Waals surface area contributed by atoms with Gasteiger partial charge in [0.25, 0.3) is 5.91 Å². The fraction of sp³-hybridized carbons (Fsp3) is 0.323. The predicted octanol–water partition coefficient (Wildman–Crippen LogP) is 6.17. The van der Waals surface area contributed by atoms with E-state index in [0.717, 1.165) is 25.0 Å². The van der Waals surface area contributed by atoms with E-state index in [0.29, 0.717) is 17.2 Å². The number of aliphatic hydroxyl groups is 1. The summed E-state index contributed by atoms with van der Waals surface area (Å²) < 4.78 is 39.7. The average molecular weight is 584 g/mol. The number of hydrogen-bond donors (Lipinski definition) is 4. The number of hydrogen-bond acceptors (Lipinski definition) is 4. The summed E-state index contributed by atoms with van der Waals surface area (Å²) >= 11 is 0. The number of carboxylic acids is 1. The lowest BCUT2D eigenvalue weighted by Gasteiger charge is -2.26. The van der Waals surface area contributed by atoms with E-state index in [1.807, 2.05) is 24.3 Å². The second kappa shape index (κ2) is 13.5. The van der Waals surface area contributed by atoms with Gasteiger partial charge in [0.1, 0.15) is 0 Å². The van der Waals surface area contributed by atoms with Gasteiger partial charge >= 0.3 is 18.2 Å². The standard InChI is InChI=1S/C31H32F3N3O5/c32-31(33,34)24-7-4-8-25(17-24)36-30(42)37(26-15-13-22(14-16-26)21-5-2-1-3-6-21)19-20-9-11-23(12-10-20)28(39)35-18-27(38)29(40)41/h4,7-17,21,27,38H,1-3,5-6,18-19H2,(H,35,39)(H,36,42)(H,40,41). The van der Waals surface area contributed by atoms with Gasteiger partial charge in [-0.25, -0.2) is 9.59 Å². The molecule has 3 amide bonds. The molecule has 3 aromatic carbocycles. The molecule has 1 atom stereocenters. The quantitative estimate of drug-likeness (QED) is 0.240. The van der Waals surface area contributed by atoms with Crippen molar-refractivity contribution in [1.29, 1.82) is 0 Å². The maximum absolute atomic E-state index is 13.4. The number of aliphatic hydroxyl groups excluding tert-OH is 1. The molecule has 0 aliphatic heterocycles. The van der Waals surface area contributed by atoms with Crippen LogP contribution in [0.5, 0.6) is 0 Å². The monoisotopic (exact) mass is 583 g/mol. The largest absolute Gasteiger partial charge is 0.479 e. The number of carboxylic acid groups (broad SMARTS) is 1. The van der Waals surface area contributed by atoms with Gasteiger partial charge in [0.2, 0.25) is 0 Å². The Kier molecular flexibility index (Phi) is 9.84. The summed E-state index contributed by atoms with van der Waals surface area (Å²) in [5, 5.41) is 23.0. The third-order valence-corrected chi connectivity index (χ3v) is 7.27. The summed E-state index contributed by atoms with van der Waals surface area (Å²) in [5.74, 6) is -1.59. The summed E-state index contributed by atoms with van der Waals surface area (Å²) in [6.45, 7) is -0.413. The molecule has 0 radical (unpaired) electrons. The Morgan fingerprint density at radius 1 is 0.929 bits per heavy atom. The third kappa shape index (κ3) is 8.10. The van der Waals surface area contributed by atoms with Gasteiger partial charge in [-0.15, -0.1) is 0 Å². The molecule has 4 rings (SSSR count). The Morgan fingerprint density at radius 3 is 2.21 bits per heavy atom. The van der Waals surface area contributed by atoms with Crippen molar-refractivity contribution in [2.75, 3.05) is 16.8 Å². The zero-order valence-electron chi connectivity index (χ0n) is 22.7. The number of halogens is 3. The molecule has 222 valence electrons. The molecule has 0 aromatic heterocycles. The first-order chi connectivity index (χ1) is 20.0. The smallest absolute Gasteiger partial charge is 0.416 e. The second-order valence-electron chi connectivity index (χ2n) is 10.3. The van der Waals surface area contributed by atoms with Crippen molar-refractivity contribution in [3.05, 3.63) is 95.1 Å². The van der Waals surface area contributed by atoms with E-state index < -0.39 is 42.3 Å². The number of nitrogens with zero attached hydrogens (tertiary/aromatic N) is 1. The molecule has 1 aliphatic rings. The van der Waals surface area contributed by atoms with Gasteiger partial charge in [0.15, 0.2) is 6.10 Å². The minimum absolute atomic E-state index is 0.00535. The van der Waals surface area contributed by atoms with E-state index in [1.165, 1.54) is 54.0 Å². The Balaban J connectivity index is 1.54. The van der Waals surface area contributed by atoms with Crippen LogP contribution in [0.1, 0.15) is 65.1 Å². The number of nitrogens with one attached hydrogen (secondary N) is 2. The van der Waals surface area contributed by atoms with Crippen LogP contribution < -0.4 is 15.5 Å². The number of anilines is 2. The van der Waals surface area contributed by atoms with Crippen molar-refractivity contribution in [2.24, 2.45) is 0 Å². The van der Waals surface area contributed by atoms with Crippen LogP contribution in [0.4, 0.5) is 29.3 Å². The highest BCUT2D eigenvalue weighted by atomic mass is 19.4. The summed E-state index contributed by atoms with van der Waals surface area (Å²) in [6, 6.07) is 17.6. The van der Waals surface area contributed by atoms with Crippen molar-refractivity contribution in [3.8, 4) is 0 Å². The average Bonchev–Trinajstić information content (AvgIpc) is 2.99. The van der Waals surface area contributed by atoms with Crippen LogP contribution >= 0.6 is 0 Å². The van der Waals surface area contributed by atoms with Crippen molar-refractivity contribution >= 4 is 29.3 Å². The molecule has 3 aromatic rings. The first kappa shape index (κ1) is 30.6. The zero-order valence-corrected chi connectivity index (χ0v) is 22.7. The van der Waals surface area contributed by atoms with E-state index in [2.05, 4.69) is 10.6 Å². The van der Waals surface area contributed by atoms with Crippen molar-refractivity contribution in [2.45, 2.75) is 56.8 Å². The summed E-state index contributed by atoms with van der Waals surface area (Å²) in [6.07, 6.45) is -0.514. The highest BCUT2D eigenvalue weighted by Gasteiger charge is 2.30. The molecular formula is C31H32F3N3O5. The fourth-order valence-electron chi connectivity index (χ4n) is 4.93. The van der Waals surface area contributed by atoms with Crippen LogP contribution in [0.3, 0.4) is 0 Å². The molecule has 4 N–H and O–H groups in total. The van der Waals surface area contributed by atoms with Crippen LogP contribution in [0.25, 0.3) is 0 Å². The van der Waals surface area contributed by atoms with Crippen LogP contribution in [-0.4, -0.2) is 40.8 Å². The minimum Gasteiger partial charge on any atom is -0.479 e. The molecule has 11 heteroatoms. The highest BCUT2D eigenvalue weighted by Crippen LogP contribution is 2.34. The molecule has 1 saturated carbocycles. The molecule has 1 aliphatic carbocycles. The normalized spacial score (nSPS) is 14.6. The summed E-state index contributed by atoms with van der Waals surface area (Å²) in [7, 11) is 0. The zero-order chi connectivity index (χ0) is 30.3. The Hall–Kier alpha value is -4.38. The number of rotatable bonds is 9. The van der Waals surface area contributed by atoms with Crippen LogP contribution in [0, 0.1) is 0 Å². The van der Waals surface area contributed by atoms with Gasteiger partial charge in [-0.2, -0.15) is 13.2 Å². The maximum atomic E-state index is 13.4. The van der Waals surface area contributed by atoms with E-state index >= 15 is 0 Å². The first-order valence-corrected chi connectivity index (χ1v) is 13.6. The Labute approximate surface area is 241 Å². The number of aliphatic carboxylic acids is 1. The number of urea groups is 1. The fourth-order valence-corrected chi connectivity index (χ4v) is 4.93. The van der Waals surface area contributed by atoms with Gasteiger partial charge in [-0.3, -0.25) is 9.69 Å². The van der Waals surface area contributed by atoms with Crippen molar-refractivity contribution in [1.82, 2.24) is 5.32 Å². The topological polar surface area (TPSA) is 119 Å². The van der Waals surface area contributed by atoms with Gasteiger partial charge in [0.05, 0.1) is 18.7 Å².